The van der Waals surface area contributed by atoms with Crippen LogP contribution in [-0.4, -0.2) is 55.7 Å². The molecule has 0 amide bonds. The van der Waals surface area contributed by atoms with Crippen LogP contribution in [0, 0.1) is 0 Å². The van der Waals surface area contributed by atoms with Crippen molar-refractivity contribution in [1.82, 2.24) is 9.88 Å². The minimum absolute atomic E-state index is 0. The van der Waals surface area contributed by atoms with E-state index in [4.69, 9.17) is 15.5 Å². The fourth-order valence-electron chi connectivity index (χ4n) is 4.37. The van der Waals surface area contributed by atoms with Crippen molar-refractivity contribution in [2.24, 2.45) is 10.7 Å². The minimum atomic E-state index is 0. The van der Waals surface area contributed by atoms with E-state index in [1.54, 1.807) is 18.4 Å². The van der Waals surface area contributed by atoms with Crippen molar-refractivity contribution in [2.45, 2.75) is 31.1 Å². The molecule has 158 valence electrons. The summed E-state index contributed by atoms with van der Waals surface area (Å²) in [6.07, 6.45) is 6.68. The van der Waals surface area contributed by atoms with Crippen LogP contribution in [0.25, 0.3) is 0 Å². The third-order valence-electron chi connectivity index (χ3n) is 6.08. The Morgan fingerprint density at radius 1 is 1.24 bits per heavy atom. The molecule has 1 saturated heterocycles. The van der Waals surface area contributed by atoms with Crippen LogP contribution in [0.1, 0.15) is 31.2 Å². The average molecular weight is 527 g/mol. The maximum Gasteiger partial charge on any atom is 0.191 e. The summed E-state index contributed by atoms with van der Waals surface area (Å²) in [7, 11) is 1.72. The lowest BCUT2D eigenvalue weighted by Gasteiger charge is -2.35. The Labute approximate surface area is 194 Å². The Morgan fingerprint density at radius 3 is 2.66 bits per heavy atom. The van der Waals surface area contributed by atoms with Crippen LogP contribution in [-0.2, 0) is 5.41 Å². The molecule has 8 heteroatoms. The number of anilines is 1. The van der Waals surface area contributed by atoms with Gasteiger partial charge >= 0.3 is 0 Å². The summed E-state index contributed by atoms with van der Waals surface area (Å²) in [5, 5.41) is 3.12. The van der Waals surface area contributed by atoms with E-state index in [-0.39, 0.29) is 29.4 Å². The second kappa shape index (κ2) is 9.97. The third-order valence-corrected chi connectivity index (χ3v) is 6.91. The molecule has 2 N–H and O–H groups in total. The molecule has 0 bridgehead atoms. The highest BCUT2D eigenvalue weighted by Crippen LogP contribution is 2.42. The van der Waals surface area contributed by atoms with Crippen molar-refractivity contribution in [2.75, 3.05) is 44.7 Å². The van der Waals surface area contributed by atoms with Crippen molar-refractivity contribution in [3.05, 3.63) is 41.4 Å². The number of rotatable bonds is 5. The Balaban J connectivity index is 0.00000240. The predicted molar refractivity (Wildman–Crippen MR) is 131 cm³/mol. The molecule has 6 nitrogen and oxygen atoms in total. The Hall–Kier alpha value is -1.55. The van der Waals surface area contributed by atoms with E-state index in [0.29, 0.717) is 5.96 Å². The minimum Gasteiger partial charge on any atom is -0.497 e. The van der Waals surface area contributed by atoms with Gasteiger partial charge in [-0.25, -0.2) is 4.98 Å². The van der Waals surface area contributed by atoms with Crippen LogP contribution in [0.15, 0.2) is 40.8 Å². The number of thiazole rings is 1. The largest absolute Gasteiger partial charge is 0.497 e. The SMILES string of the molecule is COc1cccc(C2(CN=C(N)N3CCN(c4nccs4)CC3)CCCC2)c1.I. The number of guanidine groups is 1. The van der Waals surface area contributed by atoms with Gasteiger partial charge in [-0.2, -0.15) is 0 Å². The zero-order valence-electron chi connectivity index (χ0n) is 16.9. The maximum atomic E-state index is 6.40. The molecule has 2 heterocycles. The van der Waals surface area contributed by atoms with E-state index >= 15 is 0 Å². The molecule has 2 aliphatic rings. The molecule has 29 heavy (non-hydrogen) atoms. The number of aromatic nitrogens is 1. The lowest BCUT2D eigenvalue weighted by Crippen LogP contribution is -2.51. The molecule has 2 aromatic rings. The second-order valence-electron chi connectivity index (χ2n) is 7.68. The van der Waals surface area contributed by atoms with Crippen LogP contribution in [0.2, 0.25) is 0 Å². The number of hydrogen-bond donors (Lipinski definition) is 1. The monoisotopic (exact) mass is 527 g/mol. The van der Waals surface area contributed by atoms with Crippen LogP contribution in [0.3, 0.4) is 0 Å². The topological polar surface area (TPSA) is 67.0 Å². The van der Waals surface area contributed by atoms with E-state index in [1.165, 1.54) is 18.4 Å². The van der Waals surface area contributed by atoms with Gasteiger partial charge in [-0.15, -0.1) is 35.3 Å². The molecule has 1 aromatic carbocycles. The number of hydrogen-bond acceptors (Lipinski definition) is 5. The summed E-state index contributed by atoms with van der Waals surface area (Å²) in [6.45, 7) is 4.40. The van der Waals surface area contributed by atoms with E-state index in [0.717, 1.165) is 56.4 Å². The number of nitrogens with two attached hydrogens (primary N) is 1. The number of nitrogens with zero attached hydrogens (tertiary/aromatic N) is 4. The lowest BCUT2D eigenvalue weighted by molar-refractivity contribution is 0.375. The highest BCUT2D eigenvalue weighted by Gasteiger charge is 2.36. The molecule has 0 radical (unpaired) electrons. The van der Waals surface area contributed by atoms with Gasteiger partial charge in [-0.05, 0) is 30.5 Å². The highest BCUT2D eigenvalue weighted by molar-refractivity contribution is 14.0. The Morgan fingerprint density at radius 2 is 2.00 bits per heavy atom. The second-order valence-corrected chi connectivity index (χ2v) is 8.56. The normalized spacial score (nSPS) is 19.1. The van der Waals surface area contributed by atoms with Gasteiger partial charge in [-0.3, -0.25) is 4.99 Å². The molecule has 1 saturated carbocycles. The Kier molecular flexibility index (Phi) is 7.61. The van der Waals surface area contributed by atoms with Gasteiger partial charge in [0.05, 0.1) is 13.7 Å². The summed E-state index contributed by atoms with van der Waals surface area (Å²) in [5.74, 6) is 1.59. The molecule has 0 atom stereocenters. The van der Waals surface area contributed by atoms with Gasteiger partial charge in [0.15, 0.2) is 11.1 Å². The van der Waals surface area contributed by atoms with Gasteiger partial charge in [0.2, 0.25) is 0 Å². The molecule has 4 rings (SSSR count). The van der Waals surface area contributed by atoms with Crippen LogP contribution < -0.4 is 15.4 Å². The first-order valence-electron chi connectivity index (χ1n) is 10.0. The third kappa shape index (κ3) is 4.96. The molecular weight excluding hydrogens is 497 g/mol. The lowest BCUT2D eigenvalue weighted by atomic mass is 9.79. The van der Waals surface area contributed by atoms with E-state index in [9.17, 15) is 0 Å². The van der Waals surface area contributed by atoms with Gasteiger partial charge in [0, 0.05) is 43.2 Å². The predicted octanol–water partition coefficient (Wildman–Crippen LogP) is 3.72. The number of methoxy groups -OCH3 is 1. The number of aliphatic imine (C=N–C) groups is 1. The van der Waals surface area contributed by atoms with Crippen LogP contribution >= 0.6 is 35.3 Å². The fourth-order valence-corrected chi connectivity index (χ4v) is 5.07. The van der Waals surface area contributed by atoms with E-state index in [2.05, 4.69) is 33.0 Å². The van der Waals surface area contributed by atoms with Crippen molar-refractivity contribution < 1.29 is 4.74 Å². The molecule has 1 aliphatic heterocycles. The van der Waals surface area contributed by atoms with Crippen LogP contribution in [0.4, 0.5) is 5.13 Å². The maximum absolute atomic E-state index is 6.40. The van der Waals surface area contributed by atoms with Crippen molar-refractivity contribution in [3.8, 4) is 5.75 Å². The molecule has 1 aromatic heterocycles. The number of benzene rings is 1. The molecule has 0 unspecified atom stereocenters. The van der Waals surface area contributed by atoms with Crippen molar-refractivity contribution >= 4 is 46.4 Å². The fraction of sp³-hybridized carbons (Fsp3) is 0.524. The summed E-state index contributed by atoms with van der Waals surface area (Å²) in [5.41, 5.74) is 7.82. The highest BCUT2D eigenvalue weighted by atomic mass is 127. The summed E-state index contributed by atoms with van der Waals surface area (Å²) < 4.78 is 5.44. The van der Waals surface area contributed by atoms with E-state index < -0.39 is 0 Å². The van der Waals surface area contributed by atoms with Crippen molar-refractivity contribution in [3.63, 3.8) is 0 Å². The summed E-state index contributed by atoms with van der Waals surface area (Å²) in [4.78, 5) is 13.8. The first-order valence-corrected chi connectivity index (χ1v) is 10.9. The average Bonchev–Trinajstić information content (AvgIpc) is 3.45. The van der Waals surface area contributed by atoms with Gasteiger partial charge in [0.1, 0.15) is 5.75 Å². The van der Waals surface area contributed by atoms with Gasteiger partial charge < -0.3 is 20.3 Å². The zero-order valence-corrected chi connectivity index (χ0v) is 20.1. The number of ether oxygens (including phenoxy) is 1. The molecule has 0 spiro atoms. The van der Waals surface area contributed by atoms with Gasteiger partial charge in [-0.1, -0.05) is 25.0 Å². The first-order chi connectivity index (χ1) is 13.7. The van der Waals surface area contributed by atoms with Crippen molar-refractivity contribution in [1.29, 1.82) is 0 Å². The Bertz CT molecular complexity index is 799. The molecular formula is C21H30IN5OS. The van der Waals surface area contributed by atoms with Crippen LogP contribution in [0.5, 0.6) is 5.75 Å². The zero-order chi connectivity index (χ0) is 19.4. The number of piperazine rings is 1. The smallest absolute Gasteiger partial charge is 0.191 e. The summed E-state index contributed by atoms with van der Waals surface area (Å²) in [6, 6.07) is 8.47. The summed E-state index contributed by atoms with van der Waals surface area (Å²) >= 11 is 1.69. The molecule has 1 aliphatic carbocycles. The van der Waals surface area contributed by atoms with E-state index in [1.807, 2.05) is 17.6 Å². The van der Waals surface area contributed by atoms with Gasteiger partial charge in [0.25, 0.3) is 0 Å². The first kappa shape index (κ1) is 22.1. The standard InChI is InChI=1S/C21H29N5OS.HI/c1-27-18-6-4-5-17(15-18)21(7-2-3-8-21)16-24-19(22)25-10-12-26(13-11-25)20-23-9-14-28-20;/h4-6,9,14-15H,2-3,7-8,10-13,16H2,1H3,(H2,22,24);1H. The number of halogens is 1. The quantitative estimate of drug-likeness (QED) is 0.365. The molecule has 2 fully saturated rings.